The lowest BCUT2D eigenvalue weighted by atomic mass is 10.2. The summed E-state index contributed by atoms with van der Waals surface area (Å²) in [6, 6.07) is 8.39. The second kappa shape index (κ2) is 7.18. The van der Waals surface area contributed by atoms with E-state index in [2.05, 4.69) is 15.2 Å². The molecule has 1 aromatic carbocycles. The normalized spacial score (nSPS) is 11.0. The van der Waals surface area contributed by atoms with Crippen molar-refractivity contribution in [1.29, 1.82) is 0 Å². The van der Waals surface area contributed by atoms with Gasteiger partial charge in [-0.3, -0.25) is 9.20 Å². The van der Waals surface area contributed by atoms with E-state index in [-0.39, 0.29) is 24.0 Å². The van der Waals surface area contributed by atoms with E-state index in [1.807, 2.05) is 24.3 Å². The third-order valence-corrected chi connectivity index (χ3v) is 4.69. The van der Waals surface area contributed by atoms with Crippen LogP contribution in [0.4, 0.5) is 4.39 Å². The fraction of sp³-hybridized carbons (Fsp3) is 0.294. The first-order chi connectivity index (χ1) is 12.0. The summed E-state index contributed by atoms with van der Waals surface area (Å²) in [7, 11) is 1.66. The van der Waals surface area contributed by atoms with E-state index in [0.717, 1.165) is 11.4 Å². The molecule has 0 aliphatic carbocycles. The Kier molecular flexibility index (Phi) is 4.98. The number of aromatic nitrogens is 4. The standard InChI is InChI=1S/C17H18FN5OS/c1-11-8-12(2)23-16(19-11)20-21-17(23)25-10-15(24)22(3)9-13-6-4-5-7-14(13)18/h4-8H,9-10H2,1-3H3. The third-order valence-electron chi connectivity index (χ3n) is 3.78. The van der Waals surface area contributed by atoms with Crippen molar-refractivity contribution >= 4 is 23.4 Å². The van der Waals surface area contributed by atoms with Crippen LogP contribution in [0.3, 0.4) is 0 Å². The molecule has 0 aliphatic heterocycles. The molecule has 3 rings (SSSR count). The molecule has 3 aromatic rings. The molecule has 0 fully saturated rings. The van der Waals surface area contributed by atoms with Gasteiger partial charge in [0.25, 0.3) is 5.78 Å². The van der Waals surface area contributed by atoms with Gasteiger partial charge < -0.3 is 4.90 Å². The van der Waals surface area contributed by atoms with Crippen molar-refractivity contribution in [1.82, 2.24) is 24.5 Å². The van der Waals surface area contributed by atoms with Crippen molar-refractivity contribution in [3.8, 4) is 0 Å². The first-order valence-corrected chi connectivity index (χ1v) is 8.74. The molecule has 0 radical (unpaired) electrons. The fourth-order valence-electron chi connectivity index (χ4n) is 2.50. The van der Waals surface area contributed by atoms with Gasteiger partial charge in [0, 0.05) is 30.5 Å². The molecule has 25 heavy (non-hydrogen) atoms. The van der Waals surface area contributed by atoms with E-state index in [1.54, 1.807) is 25.2 Å². The lowest BCUT2D eigenvalue weighted by molar-refractivity contribution is -0.127. The molecule has 0 aliphatic rings. The Morgan fingerprint density at radius 1 is 1.28 bits per heavy atom. The van der Waals surface area contributed by atoms with Crippen LogP contribution in [0.25, 0.3) is 5.78 Å². The number of amides is 1. The Labute approximate surface area is 149 Å². The van der Waals surface area contributed by atoms with E-state index >= 15 is 0 Å². The molecule has 0 saturated heterocycles. The zero-order valence-electron chi connectivity index (χ0n) is 14.2. The molecule has 0 saturated carbocycles. The number of benzene rings is 1. The van der Waals surface area contributed by atoms with Crippen molar-refractivity contribution in [2.45, 2.75) is 25.5 Å². The SMILES string of the molecule is Cc1cc(C)n2c(SCC(=O)N(C)Cc3ccccc3F)nnc2n1. The summed E-state index contributed by atoms with van der Waals surface area (Å²) in [5.74, 6) is 0.296. The number of nitrogens with zero attached hydrogens (tertiary/aromatic N) is 5. The molecule has 6 nitrogen and oxygen atoms in total. The lowest BCUT2D eigenvalue weighted by Crippen LogP contribution is -2.28. The Hall–Kier alpha value is -2.48. The molecule has 0 unspecified atom stereocenters. The highest BCUT2D eigenvalue weighted by molar-refractivity contribution is 7.99. The number of halogens is 1. The molecule has 2 aromatic heterocycles. The number of hydrogen-bond donors (Lipinski definition) is 0. The Bertz CT molecular complexity index is 927. The monoisotopic (exact) mass is 359 g/mol. The maximum Gasteiger partial charge on any atom is 0.256 e. The van der Waals surface area contributed by atoms with Crippen molar-refractivity contribution in [3.63, 3.8) is 0 Å². The van der Waals surface area contributed by atoms with Gasteiger partial charge in [0.05, 0.1) is 5.75 Å². The summed E-state index contributed by atoms with van der Waals surface area (Å²) in [5.41, 5.74) is 2.32. The number of aryl methyl sites for hydroxylation is 2. The van der Waals surface area contributed by atoms with Crippen LogP contribution in [0.1, 0.15) is 17.0 Å². The predicted molar refractivity (Wildman–Crippen MR) is 93.9 cm³/mol. The molecule has 130 valence electrons. The van der Waals surface area contributed by atoms with E-state index in [9.17, 15) is 9.18 Å². The first kappa shape index (κ1) is 17.3. The van der Waals surface area contributed by atoms with Gasteiger partial charge >= 0.3 is 0 Å². The minimum atomic E-state index is -0.310. The quantitative estimate of drug-likeness (QED) is 0.655. The van der Waals surface area contributed by atoms with E-state index in [0.29, 0.717) is 16.5 Å². The highest BCUT2D eigenvalue weighted by atomic mass is 32.2. The topological polar surface area (TPSA) is 63.4 Å². The number of carbonyl (C=O) groups is 1. The molecule has 0 bridgehead atoms. The zero-order chi connectivity index (χ0) is 18.0. The van der Waals surface area contributed by atoms with Crippen LogP contribution >= 0.6 is 11.8 Å². The number of fused-ring (bicyclic) bond motifs is 1. The molecule has 0 N–H and O–H groups in total. The maximum absolute atomic E-state index is 13.7. The minimum Gasteiger partial charge on any atom is -0.341 e. The molecular formula is C17H18FN5OS. The van der Waals surface area contributed by atoms with Crippen LogP contribution in [-0.4, -0.2) is 43.2 Å². The Morgan fingerprint density at radius 3 is 2.80 bits per heavy atom. The number of thioether (sulfide) groups is 1. The van der Waals surface area contributed by atoms with E-state index in [4.69, 9.17) is 0 Å². The van der Waals surface area contributed by atoms with Crippen LogP contribution in [-0.2, 0) is 11.3 Å². The molecule has 1 amide bonds. The minimum absolute atomic E-state index is 0.109. The largest absolute Gasteiger partial charge is 0.341 e. The molecular weight excluding hydrogens is 341 g/mol. The summed E-state index contributed by atoms with van der Waals surface area (Å²) in [6.45, 7) is 4.07. The van der Waals surface area contributed by atoms with Crippen molar-refractivity contribution in [3.05, 3.63) is 53.1 Å². The van der Waals surface area contributed by atoms with Gasteiger partial charge in [-0.15, -0.1) is 10.2 Å². The van der Waals surface area contributed by atoms with Crippen LogP contribution in [0, 0.1) is 19.7 Å². The Balaban J connectivity index is 1.67. The first-order valence-electron chi connectivity index (χ1n) is 7.75. The van der Waals surface area contributed by atoms with Crippen LogP contribution in [0.2, 0.25) is 0 Å². The molecule has 8 heteroatoms. The third kappa shape index (κ3) is 3.79. The smallest absolute Gasteiger partial charge is 0.256 e. The van der Waals surface area contributed by atoms with Crippen LogP contribution in [0.15, 0.2) is 35.5 Å². The molecule has 0 spiro atoms. The second-order valence-corrected chi connectivity index (χ2v) is 6.73. The van der Waals surface area contributed by atoms with Gasteiger partial charge in [0.2, 0.25) is 5.91 Å². The second-order valence-electron chi connectivity index (χ2n) is 5.79. The van der Waals surface area contributed by atoms with Crippen molar-refractivity contribution in [2.75, 3.05) is 12.8 Å². The van der Waals surface area contributed by atoms with Crippen molar-refractivity contribution in [2.24, 2.45) is 0 Å². The van der Waals surface area contributed by atoms with E-state index in [1.165, 1.54) is 22.7 Å². The average Bonchev–Trinajstić information content (AvgIpc) is 2.97. The Morgan fingerprint density at radius 2 is 2.04 bits per heavy atom. The van der Waals surface area contributed by atoms with E-state index < -0.39 is 0 Å². The summed E-state index contributed by atoms with van der Waals surface area (Å²) < 4.78 is 15.5. The molecule has 0 atom stereocenters. The average molecular weight is 359 g/mol. The molecule has 2 heterocycles. The van der Waals surface area contributed by atoms with Gasteiger partial charge in [0.1, 0.15) is 5.82 Å². The van der Waals surface area contributed by atoms with Crippen molar-refractivity contribution < 1.29 is 9.18 Å². The highest BCUT2D eigenvalue weighted by Crippen LogP contribution is 2.19. The van der Waals surface area contributed by atoms with Gasteiger partial charge in [-0.05, 0) is 26.0 Å². The van der Waals surface area contributed by atoms with Gasteiger partial charge in [-0.2, -0.15) is 0 Å². The summed E-state index contributed by atoms with van der Waals surface area (Å²) >= 11 is 1.29. The number of carbonyl (C=O) groups excluding carboxylic acids is 1. The van der Waals surface area contributed by atoms with Gasteiger partial charge in [0.15, 0.2) is 5.16 Å². The number of hydrogen-bond acceptors (Lipinski definition) is 5. The fourth-order valence-corrected chi connectivity index (χ4v) is 3.43. The predicted octanol–water partition coefficient (Wildman–Crippen LogP) is 2.63. The van der Waals surface area contributed by atoms with Gasteiger partial charge in [-0.1, -0.05) is 30.0 Å². The summed E-state index contributed by atoms with van der Waals surface area (Å²) in [5, 5.41) is 8.78. The lowest BCUT2D eigenvalue weighted by Gasteiger charge is -2.17. The maximum atomic E-state index is 13.7. The number of rotatable bonds is 5. The summed E-state index contributed by atoms with van der Waals surface area (Å²) in [4.78, 5) is 18.2. The van der Waals surface area contributed by atoms with Crippen LogP contribution in [0.5, 0.6) is 0 Å². The highest BCUT2D eigenvalue weighted by Gasteiger charge is 2.15. The summed E-state index contributed by atoms with van der Waals surface area (Å²) in [6.07, 6.45) is 0. The van der Waals surface area contributed by atoms with Crippen LogP contribution < -0.4 is 0 Å². The van der Waals surface area contributed by atoms with Gasteiger partial charge in [-0.25, -0.2) is 9.37 Å². The zero-order valence-corrected chi connectivity index (χ0v) is 15.0.